The molecular formula is C32H24IN3O8. The summed E-state index contributed by atoms with van der Waals surface area (Å²) in [5, 5.41) is 0. The first-order chi connectivity index (χ1) is 21.1. The van der Waals surface area contributed by atoms with E-state index in [-0.39, 0.29) is 21.1 Å². The van der Waals surface area contributed by atoms with Crippen LogP contribution < -0.4 is 17.0 Å². The van der Waals surface area contributed by atoms with Crippen molar-refractivity contribution < 1.29 is 28.6 Å². The maximum Gasteiger partial charge on any atom is 0.340 e. The van der Waals surface area contributed by atoms with E-state index < -0.39 is 52.8 Å². The molecule has 2 N–H and O–H groups in total. The first-order valence-electron chi connectivity index (χ1n) is 13.1. The monoisotopic (exact) mass is 705 g/mol. The normalized spacial score (nSPS) is 22.5. The molecule has 1 aromatic heterocycles. The Hall–Kier alpha value is -4.84. The van der Waals surface area contributed by atoms with Crippen molar-refractivity contribution in [3.63, 3.8) is 0 Å². The molecule has 2 heterocycles. The van der Waals surface area contributed by atoms with Crippen LogP contribution in [0.5, 0.6) is 0 Å². The number of carbonyl (C=O) groups excluding carboxylic acids is 3. The Morgan fingerprint density at radius 2 is 1.39 bits per heavy atom. The van der Waals surface area contributed by atoms with Crippen LogP contribution in [0.15, 0.2) is 113 Å². The van der Waals surface area contributed by atoms with Gasteiger partial charge >= 0.3 is 17.6 Å². The van der Waals surface area contributed by atoms with Crippen molar-refractivity contribution in [1.29, 1.82) is 0 Å². The summed E-state index contributed by atoms with van der Waals surface area (Å²) < 4.78 is 19.1. The van der Waals surface area contributed by atoms with E-state index >= 15 is 0 Å². The van der Waals surface area contributed by atoms with Crippen molar-refractivity contribution in [3.8, 4) is 12.3 Å². The van der Waals surface area contributed by atoms with Gasteiger partial charge in [0.2, 0.25) is 6.10 Å². The molecule has 1 aliphatic heterocycles. The van der Waals surface area contributed by atoms with Crippen molar-refractivity contribution in [2.24, 2.45) is 5.73 Å². The minimum atomic E-state index is -2.36. The fourth-order valence-electron chi connectivity index (χ4n) is 4.79. The number of ether oxygens (including phenoxy) is 3. The van der Waals surface area contributed by atoms with Crippen LogP contribution >= 0.6 is 22.6 Å². The highest BCUT2D eigenvalue weighted by atomic mass is 127. The molecule has 44 heavy (non-hydrogen) atoms. The van der Waals surface area contributed by atoms with Crippen LogP contribution in [-0.4, -0.2) is 48.8 Å². The molecule has 0 spiro atoms. The van der Waals surface area contributed by atoms with Gasteiger partial charge in [-0.25, -0.2) is 14.4 Å². The molecule has 1 aliphatic rings. The molecule has 0 aliphatic carbocycles. The minimum Gasteiger partial charge on any atom is -0.449 e. The lowest BCUT2D eigenvalue weighted by Gasteiger charge is -2.35. The standard InChI is InChI=1S/C32H24IN3O8/c1-2-31(43-27(40)23-16-10-5-11-17-23)28(42-26(39)22-14-8-4-9-15-22)32(34,20-33)44-29(31)35-19-18-24(37)36(30(35)41)25(38)21-12-6-3-7-13-21/h1,3-19,28-29H,20,34H2/t28-,29+,31+,32+/m0/s1. The van der Waals surface area contributed by atoms with Crippen LogP contribution in [-0.2, 0) is 14.2 Å². The zero-order valence-corrected chi connectivity index (χ0v) is 25.0. The number of rotatable bonds is 7. The second-order valence-corrected chi connectivity index (χ2v) is 10.5. The van der Waals surface area contributed by atoms with E-state index in [0.717, 1.165) is 16.8 Å². The highest BCUT2D eigenvalue weighted by Gasteiger charge is 2.68. The van der Waals surface area contributed by atoms with E-state index in [1.807, 2.05) is 22.6 Å². The van der Waals surface area contributed by atoms with Gasteiger partial charge in [-0.1, -0.05) is 77.2 Å². The third-order valence-electron chi connectivity index (χ3n) is 6.96. The smallest absolute Gasteiger partial charge is 0.340 e. The molecule has 0 bridgehead atoms. The topological polar surface area (TPSA) is 149 Å². The first-order valence-corrected chi connectivity index (χ1v) is 14.7. The Kier molecular flexibility index (Phi) is 8.63. The highest BCUT2D eigenvalue weighted by Crippen LogP contribution is 2.47. The van der Waals surface area contributed by atoms with Gasteiger partial charge in [-0.05, 0) is 42.3 Å². The number of terminal acetylenes is 1. The number of hydrogen-bond donors (Lipinski definition) is 1. The fraction of sp³-hybridized carbons (Fsp3) is 0.156. The van der Waals surface area contributed by atoms with Crippen LogP contribution in [0.4, 0.5) is 0 Å². The van der Waals surface area contributed by atoms with Gasteiger partial charge < -0.3 is 14.2 Å². The van der Waals surface area contributed by atoms with Crippen LogP contribution in [0, 0.1) is 12.3 Å². The van der Waals surface area contributed by atoms with Crippen molar-refractivity contribution >= 4 is 40.4 Å². The molecule has 5 rings (SSSR count). The lowest BCUT2D eigenvalue weighted by molar-refractivity contribution is -0.0978. The predicted octanol–water partition coefficient (Wildman–Crippen LogP) is 2.77. The van der Waals surface area contributed by atoms with Crippen molar-refractivity contribution in [2.45, 2.75) is 23.7 Å². The van der Waals surface area contributed by atoms with E-state index in [9.17, 15) is 24.0 Å². The van der Waals surface area contributed by atoms with E-state index in [1.165, 1.54) is 36.4 Å². The SMILES string of the molecule is C#C[C@]1(OC(=O)c2ccccc2)[C@H](n2ccc(=O)n(C(=O)c3ccccc3)c2=O)O[C@](N)(CI)[C@H]1OC(=O)c1ccccc1. The summed E-state index contributed by atoms with van der Waals surface area (Å²) in [5.41, 5.74) is 0.588. The molecule has 0 amide bonds. The highest BCUT2D eigenvalue weighted by molar-refractivity contribution is 14.1. The largest absolute Gasteiger partial charge is 0.449 e. The number of halogens is 1. The summed E-state index contributed by atoms with van der Waals surface area (Å²) in [4.78, 5) is 66.8. The molecule has 0 saturated carbocycles. The third-order valence-corrected chi connectivity index (χ3v) is 8.15. The van der Waals surface area contributed by atoms with Crippen molar-refractivity contribution in [2.75, 3.05) is 4.43 Å². The molecule has 222 valence electrons. The number of aromatic nitrogens is 2. The van der Waals surface area contributed by atoms with Gasteiger partial charge in [0.25, 0.3) is 17.1 Å². The average molecular weight is 705 g/mol. The minimum absolute atomic E-state index is 0.0579. The molecule has 4 aromatic rings. The Morgan fingerprint density at radius 3 is 1.91 bits per heavy atom. The Labute approximate surface area is 264 Å². The molecule has 3 aromatic carbocycles. The maximum atomic E-state index is 13.9. The quantitative estimate of drug-likeness (QED) is 0.133. The number of benzene rings is 3. The second-order valence-electron chi connectivity index (χ2n) is 9.75. The van der Waals surface area contributed by atoms with Gasteiger partial charge in [0.15, 0.2) is 12.0 Å². The molecule has 11 nitrogen and oxygen atoms in total. The Morgan fingerprint density at radius 1 is 0.864 bits per heavy atom. The molecule has 12 heteroatoms. The second kappa shape index (κ2) is 12.4. The predicted molar refractivity (Wildman–Crippen MR) is 166 cm³/mol. The summed E-state index contributed by atoms with van der Waals surface area (Å²) in [7, 11) is 0. The zero-order chi connectivity index (χ0) is 31.5. The summed E-state index contributed by atoms with van der Waals surface area (Å²) >= 11 is 1.88. The molecule has 0 radical (unpaired) electrons. The van der Waals surface area contributed by atoms with Crippen molar-refractivity contribution in [3.05, 3.63) is 141 Å². The number of nitrogens with two attached hydrogens (primary N) is 1. The first kappa shape index (κ1) is 30.6. The molecule has 0 unspecified atom stereocenters. The van der Waals surface area contributed by atoms with Gasteiger partial charge in [-0.15, -0.1) is 6.42 Å². The summed E-state index contributed by atoms with van der Waals surface area (Å²) in [5.74, 6) is -0.320. The number of carbonyl (C=O) groups is 3. The number of nitrogens with zero attached hydrogens (tertiary/aromatic N) is 2. The molecule has 4 atom stereocenters. The van der Waals surface area contributed by atoms with Gasteiger partial charge in [-0.2, -0.15) is 4.57 Å². The lowest BCUT2D eigenvalue weighted by atomic mass is 9.91. The summed E-state index contributed by atoms with van der Waals surface area (Å²) in [6.07, 6.45) is 3.69. The average Bonchev–Trinajstić information content (AvgIpc) is 3.29. The van der Waals surface area contributed by atoms with Gasteiger partial charge in [0, 0.05) is 22.3 Å². The summed E-state index contributed by atoms with van der Waals surface area (Å²) in [6.45, 7) is 0. The molecule has 1 saturated heterocycles. The summed E-state index contributed by atoms with van der Waals surface area (Å²) in [6, 6.07) is 24.4. The number of hydrogen-bond acceptors (Lipinski definition) is 9. The van der Waals surface area contributed by atoms with E-state index in [2.05, 4.69) is 5.92 Å². The lowest BCUT2D eigenvalue weighted by Crippen LogP contribution is -2.60. The van der Waals surface area contributed by atoms with Crippen molar-refractivity contribution in [1.82, 2.24) is 9.13 Å². The van der Waals surface area contributed by atoms with E-state index in [4.69, 9.17) is 26.4 Å². The number of alkyl halides is 1. The van der Waals surface area contributed by atoms with E-state index in [1.54, 1.807) is 54.6 Å². The van der Waals surface area contributed by atoms with Gasteiger partial charge in [0.05, 0.1) is 11.1 Å². The third kappa shape index (κ3) is 5.48. The Bertz CT molecular complexity index is 1870. The van der Waals surface area contributed by atoms with Gasteiger partial charge in [-0.3, -0.25) is 19.9 Å². The number of esters is 2. The Balaban J connectivity index is 1.69. The fourth-order valence-corrected chi connectivity index (χ4v) is 5.37. The molecule has 1 fully saturated rings. The van der Waals surface area contributed by atoms with E-state index in [0.29, 0.717) is 4.57 Å². The van der Waals surface area contributed by atoms with Crippen LogP contribution in [0.2, 0.25) is 0 Å². The molecular weight excluding hydrogens is 681 g/mol. The van der Waals surface area contributed by atoms with Crippen LogP contribution in [0.1, 0.15) is 37.3 Å². The van der Waals surface area contributed by atoms with Gasteiger partial charge in [0.1, 0.15) is 0 Å². The van der Waals surface area contributed by atoms with Crippen LogP contribution in [0.3, 0.4) is 0 Å². The maximum absolute atomic E-state index is 13.9. The van der Waals surface area contributed by atoms with Crippen LogP contribution in [0.25, 0.3) is 0 Å². The zero-order valence-electron chi connectivity index (χ0n) is 22.9.